The highest BCUT2D eigenvalue weighted by atomic mass is 35.5. The van der Waals surface area contributed by atoms with E-state index in [0.29, 0.717) is 10.8 Å². The summed E-state index contributed by atoms with van der Waals surface area (Å²) in [6, 6.07) is 3.91. The standard InChI is InChI=1S/C14H18ClN3OP2/c1-9(7-16)19-13-8-17-14(6-12(13)15)18(20-10-2-3-10)21-11-4-5-11/h6,8-11,20-21H,2-5H2,1H3. The number of ether oxygens (including phenoxy) is 1. The molecule has 0 saturated heterocycles. The maximum atomic E-state index is 8.80. The average molecular weight is 342 g/mol. The fraction of sp³-hybridized carbons (Fsp3) is 0.571. The minimum Gasteiger partial charge on any atom is -0.473 e. The molecule has 2 saturated carbocycles. The van der Waals surface area contributed by atoms with Crippen molar-refractivity contribution in [2.24, 2.45) is 0 Å². The molecule has 1 aromatic rings. The molecule has 0 aliphatic heterocycles. The van der Waals surface area contributed by atoms with Crippen LogP contribution in [0.4, 0.5) is 5.82 Å². The van der Waals surface area contributed by atoms with Gasteiger partial charge in [0.25, 0.3) is 0 Å². The number of hydrogen-bond donors (Lipinski definition) is 0. The molecule has 2 fully saturated rings. The van der Waals surface area contributed by atoms with Crippen LogP contribution in [0.15, 0.2) is 12.3 Å². The van der Waals surface area contributed by atoms with Gasteiger partial charge >= 0.3 is 0 Å². The summed E-state index contributed by atoms with van der Waals surface area (Å²) >= 11 is 6.28. The quantitative estimate of drug-likeness (QED) is 0.692. The summed E-state index contributed by atoms with van der Waals surface area (Å²) in [7, 11) is 1.64. The third-order valence-electron chi connectivity index (χ3n) is 3.30. The number of anilines is 1. The van der Waals surface area contributed by atoms with Crippen molar-refractivity contribution in [2.45, 2.75) is 50.0 Å². The van der Waals surface area contributed by atoms with E-state index < -0.39 is 6.10 Å². The van der Waals surface area contributed by atoms with Gasteiger partial charge < -0.3 is 9.18 Å². The van der Waals surface area contributed by atoms with E-state index >= 15 is 0 Å². The Hall–Kier alpha value is -0.610. The van der Waals surface area contributed by atoms with E-state index in [2.05, 4.69) is 9.42 Å². The average Bonchev–Trinajstić information content (AvgIpc) is 3.35. The molecule has 7 heteroatoms. The van der Waals surface area contributed by atoms with Crippen molar-refractivity contribution in [2.75, 3.05) is 4.44 Å². The smallest absolute Gasteiger partial charge is 0.181 e. The van der Waals surface area contributed by atoms with Crippen LogP contribution in [0.2, 0.25) is 5.02 Å². The van der Waals surface area contributed by atoms with Crippen molar-refractivity contribution in [1.82, 2.24) is 4.98 Å². The van der Waals surface area contributed by atoms with E-state index in [4.69, 9.17) is 21.6 Å². The van der Waals surface area contributed by atoms with Gasteiger partial charge in [0.1, 0.15) is 11.9 Å². The van der Waals surface area contributed by atoms with Crippen LogP contribution in [-0.2, 0) is 0 Å². The van der Waals surface area contributed by atoms with Gasteiger partial charge in [-0.3, -0.25) is 0 Å². The number of aromatic nitrogens is 1. The fourth-order valence-electron chi connectivity index (χ4n) is 1.79. The Morgan fingerprint density at radius 3 is 2.48 bits per heavy atom. The topological polar surface area (TPSA) is 49.1 Å². The Bertz CT molecular complexity index is 544. The van der Waals surface area contributed by atoms with Crippen LogP contribution in [0, 0.1) is 11.3 Å². The molecule has 4 nitrogen and oxygen atoms in total. The Labute approximate surface area is 133 Å². The Balaban J connectivity index is 1.72. The van der Waals surface area contributed by atoms with Gasteiger partial charge in [-0.2, -0.15) is 5.26 Å². The highest BCUT2D eigenvalue weighted by Gasteiger charge is 2.30. The molecular formula is C14H18ClN3OP2. The second kappa shape index (κ2) is 6.66. The first-order valence-electron chi connectivity index (χ1n) is 7.20. The molecule has 0 amide bonds. The maximum absolute atomic E-state index is 8.80. The van der Waals surface area contributed by atoms with Crippen molar-refractivity contribution in [3.05, 3.63) is 17.3 Å². The molecule has 2 aliphatic rings. The van der Waals surface area contributed by atoms with Crippen molar-refractivity contribution in [3.63, 3.8) is 0 Å². The van der Waals surface area contributed by atoms with Gasteiger partial charge in [0, 0.05) is 6.07 Å². The van der Waals surface area contributed by atoms with Gasteiger partial charge in [-0.25, -0.2) is 4.98 Å². The number of pyridine rings is 1. The summed E-state index contributed by atoms with van der Waals surface area (Å²) in [6.45, 7) is 1.69. The maximum Gasteiger partial charge on any atom is 0.181 e. The Kier molecular flexibility index (Phi) is 4.85. The number of hydrogen-bond acceptors (Lipinski definition) is 4. The highest BCUT2D eigenvalue weighted by molar-refractivity contribution is 7.60. The van der Waals surface area contributed by atoms with Crippen molar-refractivity contribution >= 4 is 34.9 Å². The third-order valence-corrected chi connectivity index (χ3v) is 7.23. The Morgan fingerprint density at radius 1 is 1.38 bits per heavy atom. The van der Waals surface area contributed by atoms with Crippen LogP contribution in [0.25, 0.3) is 0 Å². The molecule has 3 unspecified atom stereocenters. The monoisotopic (exact) mass is 341 g/mol. The first kappa shape index (κ1) is 15.3. The lowest BCUT2D eigenvalue weighted by atomic mass is 10.4. The van der Waals surface area contributed by atoms with Crippen molar-refractivity contribution < 1.29 is 4.74 Å². The lowest BCUT2D eigenvalue weighted by Crippen LogP contribution is -2.10. The van der Waals surface area contributed by atoms with Crippen LogP contribution < -0.4 is 9.18 Å². The van der Waals surface area contributed by atoms with Crippen LogP contribution >= 0.6 is 29.1 Å². The van der Waals surface area contributed by atoms with Crippen molar-refractivity contribution in [3.8, 4) is 11.8 Å². The van der Waals surface area contributed by atoms with E-state index in [1.807, 2.05) is 12.1 Å². The zero-order chi connectivity index (χ0) is 14.8. The third kappa shape index (κ3) is 4.43. The Morgan fingerprint density at radius 2 is 2.00 bits per heavy atom. The summed E-state index contributed by atoms with van der Waals surface area (Å²) < 4.78 is 7.86. The molecule has 2 aliphatic carbocycles. The molecule has 1 heterocycles. The van der Waals surface area contributed by atoms with Crippen LogP contribution in [0.1, 0.15) is 32.6 Å². The van der Waals surface area contributed by atoms with Gasteiger partial charge in [-0.15, -0.1) is 0 Å². The second-order valence-electron chi connectivity index (χ2n) is 5.50. The van der Waals surface area contributed by atoms with Gasteiger partial charge in [0.05, 0.1) is 11.2 Å². The van der Waals surface area contributed by atoms with Gasteiger partial charge in [-0.05, 0) is 61.4 Å². The van der Waals surface area contributed by atoms with Crippen LogP contribution in [0.3, 0.4) is 0 Å². The summed E-state index contributed by atoms with van der Waals surface area (Å²) in [5.41, 5.74) is 1.71. The minimum absolute atomic E-state index is 0.485. The summed E-state index contributed by atoms with van der Waals surface area (Å²) in [4.78, 5) is 4.51. The van der Waals surface area contributed by atoms with Gasteiger partial charge in [0.15, 0.2) is 11.9 Å². The van der Waals surface area contributed by atoms with E-state index in [-0.39, 0.29) is 0 Å². The second-order valence-corrected chi connectivity index (χ2v) is 9.40. The molecule has 112 valence electrons. The number of nitrogens with zero attached hydrogens (tertiary/aromatic N) is 3. The summed E-state index contributed by atoms with van der Waals surface area (Å²) in [5.74, 6) is 1.44. The largest absolute Gasteiger partial charge is 0.473 e. The lowest BCUT2D eigenvalue weighted by Gasteiger charge is -2.23. The van der Waals surface area contributed by atoms with E-state index in [9.17, 15) is 0 Å². The summed E-state index contributed by atoms with van der Waals surface area (Å²) in [5, 5.41) is 9.33. The van der Waals surface area contributed by atoms with E-state index in [1.165, 1.54) is 25.7 Å². The molecule has 3 rings (SSSR count). The molecule has 0 bridgehead atoms. The van der Waals surface area contributed by atoms with E-state index in [1.54, 1.807) is 13.1 Å². The van der Waals surface area contributed by atoms with Crippen molar-refractivity contribution in [1.29, 1.82) is 5.26 Å². The normalized spacial score (nSPS) is 20.0. The first-order valence-corrected chi connectivity index (χ1v) is 9.62. The zero-order valence-electron chi connectivity index (χ0n) is 11.8. The molecule has 21 heavy (non-hydrogen) atoms. The van der Waals surface area contributed by atoms with E-state index in [0.717, 1.165) is 34.6 Å². The molecular weight excluding hydrogens is 324 g/mol. The molecule has 3 atom stereocenters. The zero-order valence-corrected chi connectivity index (χ0v) is 14.6. The molecule has 0 radical (unpaired) electrons. The van der Waals surface area contributed by atoms with Crippen LogP contribution in [0.5, 0.6) is 5.75 Å². The van der Waals surface area contributed by atoms with Gasteiger partial charge in [-0.1, -0.05) is 11.6 Å². The molecule has 0 spiro atoms. The first-order chi connectivity index (χ1) is 10.2. The minimum atomic E-state index is -0.520. The van der Waals surface area contributed by atoms with Gasteiger partial charge in [0.2, 0.25) is 0 Å². The molecule has 0 aromatic carbocycles. The number of rotatable bonds is 7. The number of halogens is 1. The molecule has 1 aromatic heterocycles. The summed E-state index contributed by atoms with van der Waals surface area (Å²) in [6.07, 6.45) is 6.51. The lowest BCUT2D eigenvalue weighted by molar-refractivity contribution is 0.275. The number of nitriles is 1. The predicted molar refractivity (Wildman–Crippen MR) is 90.1 cm³/mol. The SMILES string of the molecule is CC(C#N)Oc1cnc(N(PC2CC2)PC2CC2)cc1Cl. The molecule has 0 N–H and O–H groups in total. The highest BCUT2D eigenvalue weighted by Crippen LogP contribution is 2.54. The predicted octanol–water partition coefficient (Wildman–Crippen LogP) is 4.34. The van der Waals surface area contributed by atoms with Crippen LogP contribution in [-0.4, -0.2) is 22.4 Å². The fourth-order valence-corrected chi connectivity index (χ4v) is 5.47.